The van der Waals surface area contributed by atoms with E-state index < -0.39 is 0 Å². The summed E-state index contributed by atoms with van der Waals surface area (Å²) >= 11 is 0. The zero-order valence-electron chi connectivity index (χ0n) is 29.2. The molecule has 0 radical (unpaired) electrons. The topological polar surface area (TPSA) is 9.86 Å². The third kappa shape index (κ3) is 4.95. The van der Waals surface area contributed by atoms with Crippen LogP contribution in [0.5, 0.6) is 0 Å². The van der Waals surface area contributed by atoms with Gasteiger partial charge in [0.2, 0.25) is 0 Å². The molecule has 0 N–H and O–H groups in total. The van der Waals surface area contributed by atoms with Crippen LogP contribution in [0.4, 0.5) is 0 Å². The largest absolute Gasteiger partial charge is 0.309 e. The Labute approximate surface area is 303 Å². The van der Waals surface area contributed by atoms with E-state index in [1.807, 2.05) is 0 Å². The van der Waals surface area contributed by atoms with E-state index >= 15 is 0 Å². The highest BCUT2D eigenvalue weighted by molar-refractivity contribution is 6.12. The molecule has 246 valence electrons. The minimum absolute atomic E-state index is 1.16. The number of fused-ring (bicyclic) bond motifs is 6. The molecule has 10 rings (SSSR count). The van der Waals surface area contributed by atoms with E-state index in [-0.39, 0.29) is 0 Å². The lowest BCUT2D eigenvalue weighted by Gasteiger charge is -2.12. The van der Waals surface area contributed by atoms with E-state index in [0.29, 0.717) is 0 Å². The molecule has 2 heterocycles. The quantitative estimate of drug-likeness (QED) is 0.173. The fraction of sp³-hybridized carbons (Fsp3) is 0.0400. The van der Waals surface area contributed by atoms with Gasteiger partial charge in [-0.2, -0.15) is 0 Å². The average molecular weight is 665 g/mol. The van der Waals surface area contributed by atoms with Crippen molar-refractivity contribution >= 4 is 43.6 Å². The summed E-state index contributed by atoms with van der Waals surface area (Å²) in [4.78, 5) is 0. The van der Waals surface area contributed by atoms with Crippen molar-refractivity contribution in [3.05, 3.63) is 193 Å². The van der Waals surface area contributed by atoms with Crippen LogP contribution in [0.15, 0.2) is 182 Å². The molecule has 0 spiro atoms. The Morgan fingerprint density at radius 3 is 1.17 bits per heavy atom. The molecule has 0 saturated heterocycles. The molecular formula is C50H36N2. The SMILES string of the molecule is Cc1ccc(-c2ccc(-n3c4ccccc4c4ccc(-c5ccc6c7ccccc7n(-c7ccc(-c8cccc(C)c8)cc7)c6c5)cc43)cc2)cc1. The first kappa shape index (κ1) is 30.2. The predicted molar refractivity (Wildman–Crippen MR) is 221 cm³/mol. The predicted octanol–water partition coefficient (Wildman–Crippen LogP) is 13.5. The van der Waals surface area contributed by atoms with Crippen molar-refractivity contribution in [2.45, 2.75) is 13.8 Å². The molecule has 2 nitrogen and oxygen atoms in total. The Bertz CT molecular complexity index is 2940. The fourth-order valence-corrected chi connectivity index (χ4v) is 8.03. The molecule has 0 fully saturated rings. The lowest BCUT2D eigenvalue weighted by Crippen LogP contribution is -1.95. The minimum atomic E-state index is 1.16. The van der Waals surface area contributed by atoms with E-state index in [4.69, 9.17) is 0 Å². The van der Waals surface area contributed by atoms with Crippen LogP contribution in [0.25, 0.3) is 88.4 Å². The van der Waals surface area contributed by atoms with Crippen LogP contribution in [0.1, 0.15) is 11.1 Å². The van der Waals surface area contributed by atoms with Crippen LogP contribution in [0.2, 0.25) is 0 Å². The van der Waals surface area contributed by atoms with Crippen molar-refractivity contribution < 1.29 is 0 Å². The number of hydrogen-bond acceptors (Lipinski definition) is 0. The zero-order valence-corrected chi connectivity index (χ0v) is 29.2. The number of aromatic nitrogens is 2. The standard InChI is InChI=1S/C50H36N2/c1-33-14-16-35(17-15-33)36-18-24-41(25-19-36)51-47-12-5-3-10-43(47)45-28-22-39(31-49(45)51)40-23-29-46-44-11-4-6-13-48(44)52(50(46)32-40)42-26-20-37(21-27-42)38-9-7-8-34(2)30-38/h3-32H,1-2H3. The minimum Gasteiger partial charge on any atom is -0.309 e. The molecule has 2 aromatic heterocycles. The third-order valence-corrected chi connectivity index (χ3v) is 10.7. The van der Waals surface area contributed by atoms with Gasteiger partial charge in [0, 0.05) is 32.9 Å². The number of aryl methyl sites for hydroxylation is 2. The molecule has 8 aromatic carbocycles. The van der Waals surface area contributed by atoms with Crippen LogP contribution in [0.3, 0.4) is 0 Å². The van der Waals surface area contributed by atoms with Crippen LogP contribution in [0, 0.1) is 13.8 Å². The summed E-state index contributed by atoms with van der Waals surface area (Å²) in [5.74, 6) is 0. The van der Waals surface area contributed by atoms with Crippen molar-refractivity contribution in [1.82, 2.24) is 9.13 Å². The molecule has 0 atom stereocenters. The summed E-state index contributed by atoms with van der Waals surface area (Å²) in [6.45, 7) is 4.28. The van der Waals surface area contributed by atoms with E-state index in [1.165, 1.54) is 88.1 Å². The first-order chi connectivity index (χ1) is 25.6. The van der Waals surface area contributed by atoms with E-state index in [2.05, 4.69) is 205 Å². The lowest BCUT2D eigenvalue weighted by atomic mass is 10.0. The van der Waals surface area contributed by atoms with Gasteiger partial charge in [-0.25, -0.2) is 0 Å². The molecule has 52 heavy (non-hydrogen) atoms. The Hall–Kier alpha value is -6.64. The zero-order chi connectivity index (χ0) is 34.8. The molecule has 10 aromatic rings. The van der Waals surface area contributed by atoms with Gasteiger partial charge in [0.25, 0.3) is 0 Å². The highest BCUT2D eigenvalue weighted by atomic mass is 15.0. The molecular weight excluding hydrogens is 629 g/mol. The smallest absolute Gasteiger partial charge is 0.0547 e. The Morgan fingerprint density at radius 2 is 0.673 bits per heavy atom. The monoisotopic (exact) mass is 664 g/mol. The first-order valence-corrected chi connectivity index (χ1v) is 18.0. The van der Waals surface area contributed by atoms with Crippen molar-refractivity contribution in [3.63, 3.8) is 0 Å². The summed E-state index contributed by atoms with van der Waals surface area (Å²) in [5.41, 5.74) is 17.0. The van der Waals surface area contributed by atoms with Crippen molar-refractivity contribution in [3.8, 4) is 44.8 Å². The van der Waals surface area contributed by atoms with Crippen LogP contribution < -0.4 is 0 Å². The first-order valence-electron chi connectivity index (χ1n) is 18.0. The van der Waals surface area contributed by atoms with E-state index in [9.17, 15) is 0 Å². The average Bonchev–Trinajstić information content (AvgIpc) is 3.70. The highest BCUT2D eigenvalue weighted by Gasteiger charge is 2.16. The maximum atomic E-state index is 2.42. The maximum absolute atomic E-state index is 2.42. The van der Waals surface area contributed by atoms with Gasteiger partial charge in [0.15, 0.2) is 0 Å². The summed E-state index contributed by atoms with van der Waals surface area (Å²) in [7, 11) is 0. The molecule has 0 aliphatic carbocycles. The second-order valence-corrected chi connectivity index (χ2v) is 14.0. The van der Waals surface area contributed by atoms with Gasteiger partial charge < -0.3 is 9.13 Å². The van der Waals surface area contributed by atoms with Gasteiger partial charge in [-0.15, -0.1) is 0 Å². The maximum Gasteiger partial charge on any atom is 0.0547 e. The molecule has 0 aliphatic rings. The second-order valence-electron chi connectivity index (χ2n) is 14.0. The number of para-hydroxylation sites is 2. The fourth-order valence-electron chi connectivity index (χ4n) is 8.03. The van der Waals surface area contributed by atoms with Gasteiger partial charge in [-0.1, -0.05) is 145 Å². The summed E-state index contributed by atoms with van der Waals surface area (Å²) in [6, 6.07) is 66.9. The summed E-state index contributed by atoms with van der Waals surface area (Å²) in [5, 5.41) is 5.03. The summed E-state index contributed by atoms with van der Waals surface area (Å²) in [6.07, 6.45) is 0. The van der Waals surface area contributed by atoms with Crippen molar-refractivity contribution in [2.24, 2.45) is 0 Å². The van der Waals surface area contributed by atoms with Crippen LogP contribution in [-0.2, 0) is 0 Å². The molecule has 0 aliphatic heterocycles. The highest BCUT2D eigenvalue weighted by Crippen LogP contribution is 2.38. The Morgan fingerprint density at radius 1 is 0.269 bits per heavy atom. The molecule has 0 saturated carbocycles. The van der Waals surface area contributed by atoms with Gasteiger partial charge in [0.1, 0.15) is 0 Å². The van der Waals surface area contributed by atoms with E-state index in [0.717, 1.165) is 11.4 Å². The third-order valence-electron chi connectivity index (χ3n) is 10.7. The lowest BCUT2D eigenvalue weighted by molar-refractivity contribution is 1.18. The number of rotatable bonds is 5. The van der Waals surface area contributed by atoms with Crippen molar-refractivity contribution in [2.75, 3.05) is 0 Å². The van der Waals surface area contributed by atoms with Gasteiger partial charge in [-0.3, -0.25) is 0 Å². The van der Waals surface area contributed by atoms with Crippen LogP contribution in [-0.4, -0.2) is 9.13 Å². The molecule has 0 bridgehead atoms. The summed E-state index contributed by atoms with van der Waals surface area (Å²) < 4.78 is 4.83. The van der Waals surface area contributed by atoms with E-state index in [1.54, 1.807) is 0 Å². The molecule has 0 unspecified atom stereocenters. The molecule has 2 heteroatoms. The number of benzene rings is 8. The van der Waals surface area contributed by atoms with Gasteiger partial charge >= 0.3 is 0 Å². The Kier molecular flexibility index (Phi) is 6.97. The van der Waals surface area contributed by atoms with Crippen LogP contribution >= 0.6 is 0 Å². The number of nitrogens with zero attached hydrogens (tertiary/aromatic N) is 2. The van der Waals surface area contributed by atoms with Gasteiger partial charge in [0.05, 0.1) is 22.1 Å². The number of hydrogen-bond donors (Lipinski definition) is 0. The normalized spacial score (nSPS) is 11.7. The van der Waals surface area contributed by atoms with Gasteiger partial charge in [-0.05, 0) is 95.8 Å². The van der Waals surface area contributed by atoms with Crippen molar-refractivity contribution in [1.29, 1.82) is 0 Å². The second kappa shape index (κ2) is 12.0. The Balaban J connectivity index is 1.11. The molecule has 0 amide bonds.